The van der Waals surface area contributed by atoms with Gasteiger partial charge in [0.05, 0.1) is 6.26 Å². The second-order valence-electron chi connectivity index (χ2n) is 7.71. The zero-order valence-corrected chi connectivity index (χ0v) is 15.3. The Morgan fingerprint density at radius 2 is 2.08 bits per heavy atom. The molecular weight excluding hydrogens is 340 g/mol. The molecule has 4 heterocycles. The van der Waals surface area contributed by atoms with Crippen molar-refractivity contribution in [1.29, 1.82) is 0 Å². The Balaban J connectivity index is 1.51. The van der Waals surface area contributed by atoms with Crippen molar-refractivity contribution < 1.29 is 17.9 Å². The Hall–Kier alpha value is -1.31. The van der Waals surface area contributed by atoms with E-state index in [9.17, 15) is 8.42 Å². The van der Waals surface area contributed by atoms with Crippen molar-refractivity contribution in [2.45, 2.75) is 37.8 Å². The second kappa shape index (κ2) is 5.59. The van der Waals surface area contributed by atoms with Gasteiger partial charge in [-0.1, -0.05) is 6.07 Å². The fourth-order valence-electron chi connectivity index (χ4n) is 5.29. The molecule has 0 unspecified atom stereocenters. The van der Waals surface area contributed by atoms with E-state index in [0.29, 0.717) is 19.3 Å². The summed E-state index contributed by atoms with van der Waals surface area (Å²) in [7, 11) is -3.15. The number of rotatable bonds is 1. The van der Waals surface area contributed by atoms with Gasteiger partial charge in [0.1, 0.15) is 0 Å². The van der Waals surface area contributed by atoms with Gasteiger partial charge in [0.25, 0.3) is 0 Å². The number of piperidine rings is 2. The molecule has 0 saturated carbocycles. The van der Waals surface area contributed by atoms with Gasteiger partial charge in [-0.3, -0.25) is 4.90 Å². The van der Waals surface area contributed by atoms with E-state index in [0.717, 1.165) is 50.3 Å². The van der Waals surface area contributed by atoms with E-state index in [-0.39, 0.29) is 12.1 Å². The van der Waals surface area contributed by atoms with Crippen molar-refractivity contribution in [2.75, 3.05) is 32.7 Å². The third-order valence-electron chi connectivity index (χ3n) is 6.35. The van der Waals surface area contributed by atoms with E-state index < -0.39 is 10.0 Å². The van der Waals surface area contributed by atoms with Gasteiger partial charge in [-0.15, -0.1) is 0 Å². The first-order chi connectivity index (χ1) is 12.0. The number of fused-ring (bicyclic) bond motifs is 6. The van der Waals surface area contributed by atoms with Crippen molar-refractivity contribution in [3.8, 4) is 11.5 Å². The minimum atomic E-state index is -3.15. The van der Waals surface area contributed by atoms with Crippen LogP contribution in [0, 0.1) is 5.92 Å². The predicted molar refractivity (Wildman–Crippen MR) is 93.3 cm³/mol. The molecule has 1 aromatic rings. The number of hydrogen-bond acceptors (Lipinski definition) is 5. The first kappa shape index (κ1) is 15.9. The Kier molecular flexibility index (Phi) is 3.56. The highest BCUT2D eigenvalue weighted by Gasteiger charge is 2.45. The summed E-state index contributed by atoms with van der Waals surface area (Å²) in [5.41, 5.74) is 2.56. The fourth-order valence-corrected chi connectivity index (χ4v) is 6.50. The van der Waals surface area contributed by atoms with Crippen molar-refractivity contribution in [2.24, 2.45) is 5.92 Å². The van der Waals surface area contributed by atoms with Gasteiger partial charge in [0, 0.05) is 37.3 Å². The fraction of sp³-hybridized carbons (Fsp3) is 0.667. The van der Waals surface area contributed by atoms with E-state index in [1.807, 2.05) is 6.07 Å². The van der Waals surface area contributed by atoms with E-state index in [4.69, 9.17) is 9.47 Å². The molecule has 0 aromatic heterocycles. The molecule has 2 saturated heterocycles. The van der Waals surface area contributed by atoms with Crippen molar-refractivity contribution in [1.82, 2.24) is 9.21 Å². The summed E-state index contributed by atoms with van der Waals surface area (Å²) in [4.78, 5) is 2.55. The van der Waals surface area contributed by atoms with Gasteiger partial charge >= 0.3 is 0 Å². The molecule has 1 aromatic carbocycles. The molecule has 0 spiro atoms. The van der Waals surface area contributed by atoms with Crippen molar-refractivity contribution >= 4 is 10.0 Å². The Morgan fingerprint density at radius 1 is 1.20 bits per heavy atom. The lowest BCUT2D eigenvalue weighted by atomic mass is 9.77. The molecular formula is C18H24N2O4S. The summed E-state index contributed by atoms with van der Waals surface area (Å²) in [6, 6.07) is 4.57. The summed E-state index contributed by atoms with van der Waals surface area (Å²) < 4.78 is 37.6. The van der Waals surface area contributed by atoms with Crippen molar-refractivity contribution in [3.05, 3.63) is 23.3 Å². The molecule has 136 valence electrons. The third-order valence-corrected chi connectivity index (χ3v) is 7.66. The average Bonchev–Trinajstić information content (AvgIpc) is 3.07. The monoisotopic (exact) mass is 364 g/mol. The molecule has 0 radical (unpaired) electrons. The van der Waals surface area contributed by atoms with Gasteiger partial charge in [-0.25, -0.2) is 8.42 Å². The maximum atomic E-state index is 12.3. The standard InChI is InChI=1S/C18H24N2O4S/c1-25(21,22)20-7-2-3-12-10-19-8-6-14-13(16(19)9-15(12)20)4-5-17-18(14)24-11-23-17/h4-5,12,15-16H,2-3,6-11H2,1H3/t12-,15+,16-/m1/s1. The van der Waals surface area contributed by atoms with Crippen LogP contribution in [0.3, 0.4) is 0 Å². The van der Waals surface area contributed by atoms with Crippen LogP contribution >= 0.6 is 0 Å². The zero-order valence-electron chi connectivity index (χ0n) is 14.5. The molecule has 4 aliphatic heterocycles. The van der Waals surface area contributed by atoms with E-state index >= 15 is 0 Å². The van der Waals surface area contributed by atoms with Crippen LogP contribution in [-0.2, 0) is 16.4 Å². The summed E-state index contributed by atoms with van der Waals surface area (Å²) in [6.07, 6.45) is 5.32. The predicted octanol–water partition coefficient (Wildman–Crippen LogP) is 1.76. The van der Waals surface area contributed by atoms with Crippen LogP contribution in [0.2, 0.25) is 0 Å². The largest absolute Gasteiger partial charge is 0.454 e. The molecule has 3 atom stereocenters. The van der Waals surface area contributed by atoms with Gasteiger partial charge < -0.3 is 9.47 Å². The third kappa shape index (κ3) is 2.47. The first-order valence-corrected chi connectivity index (χ1v) is 11.0. The highest BCUT2D eigenvalue weighted by Crippen LogP contribution is 2.48. The number of hydrogen-bond donors (Lipinski definition) is 0. The van der Waals surface area contributed by atoms with Gasteiger partial charge in [0.2, 0.25) is 16.8 Å². The topological polar surface area (TPSA) is 59.1 Å². The summed E-state index contributed by atoms with van der Waals surface area (Å²) in [5, 5.41) is 0. The van der Waals surface area contributed by atoms with Crippen LogP contribution in [0.25, 0.3) is 0 Å². The van der Waals surface area contributed by atoms with E-state index in [1.54, 1.807) is 4.31 Å². The average molecular weight is 364 g/mol. The molecule has 0 bridgehead atoms. The molecule has 7 heteroatoms. The highest BCUT2D eigenvalue weighted by molar-refractivity contribution is 7.88. The Morgan fingerprint density at radius 3 is 2.92 bits per heavy atom. The number of ether oxygens (including phenoxy) is 2. The summed E-state index contributed by atoms with van der Waals surface area (Å²) in [6.45, 7) is 2.97. The van der Waals surface area contributed by atoms with E-state index in [1.165, 1.54) is 17.4 Å². The zero-order chi connectivity index (χ0) is 17.2. The van der Waals surface area contributed by atoms with Crippen LogP contribution in [0.4, 0.5) is 0 Å². The highest BCUT2D eigenvalue weighted by atomic mass is 32.2. The smallest absolute Gasteiger partial charge is 0.231 e. The van der Waals surface area contributed by atoms with Crippen LogP contribution in [-0.4, -0.2) is 56.3 Å². The number of sulfonamides is 1. The molecule has 0 N–H and O–H groups in total. The maximum absolute atomic E-state index is 12.3. The minimum Gasteiger partial charge on any atom is -0.454 e. The quantitative estimate of drug-likeness (QED) is 0.760. The van der Waals surface area contributed by atoms with E-state index in [2.05, 4.69) is 11.0 Å². The SMILES string of the molecule is CS(=O)(=O)N1CCC[C@@H]2CN3CCc4c(ccc5c4OCO5)[C@H]3C[C@@H]21. The first-order valence-electron chi connectivity index (χ1n) is 9.14. The summed E-state index contributed by atoms with van der Waals surface area (Å²) in [5.74, 6) is 2.20. The Labute approximate surface area is 148 Å². The normalized spacial score (nSPS) is 32.0. The Bertz CT molecular complexity index is 810. The minimum absolute atomic E-state index is 0.126. The lowest BCUT2D eigenvalue weighted by Crippen LogP contribution is -2.57. The lowest BCUT2D eigenvalue weighted by molar-refractivity contribution is 0.0219. The van der Waals surface area contributed by atoms with Crippen LogP contribution in [0.1, 0.15) is 36.4 Å². The molecule has 5 rings (SSSR count). The second-order valence-corrected chi connectivity index (χ2v) is 9.64. The summed E-state index contributed by atoms with van der Waals surface area (Å²) >= 11 is 0. The van der Waals surface area contributed by atoms with Gasteiger partial charge in [-0.05, 0) is 43.2 Å². The molecule has 25 heavy (non-hydrogen) atoms. The van der Waals surface area contributed by atoms with Crippen LogP contribution in [0.15, 0.2) is 12.1 Å². The molecule has 4 aliphatic rings. The molecule has 6 nitrogen and oxygen atoms in total. The van der Waals surface area contributed by atoms with Gasteiger partial charge in [0.15, 0.2) is 11.5 Å². The molecule has 2 fully saturated rings. The van der Waals surface area contributed by atoms with Crippen molar-refractivity contribution in [3.63, 3.8) is 0 Å². The molecule has 0 amide bonds. The van der Waals surface area contributed by atoms with Crippen LogP contribution in [0.5, 0.6) is 11.5 Å². The number of nitrogens with zero attached hydrogens (tertiary/aromatic N) is 2. The van der Waals surface area contributed by atoms with Crippen LogP contribution < -0.4 is 9.47 Å². The lowest BCUT2D eigenvalue weighted by Gasteiger charge is -2.51. The molecule has 0 aliphatic carbocycles. The maximum Gasteiger partial charge on any atom is 0.231 e. The number of benzene rings is 1. The van der Waals surface area contributed by atoms with Gasteiger partial charge in [-0.2, -0.15) is 4.31 Å².